The molecule has 0 radical (unpaired) electrons. The van der Waals surface area contributed by atoms with E-state index < -0.39 is 5.92 Å². The van der Waals surface area contributed by atoms with Gasteiger partial charge in [-0.3, -0.25) is 9.59 Å². The molecule has 2 fully saturated rings. The molecule has 0 N–H and O–H groups in total. The fourth-order valence-electron chi connectivity index (χ4n) is 3.61. The number of piperidine rings is 1. The van der Waals surface area contributed by atoms with Crippen molar-refractivity contribution < 1.29 is 9.59 Å². The molecule has 1 aromatic carbocycles. The quantitative estimate of drug-likeness (QED) is 0.553. The Bertz CT molecular complexity index is 549. The summed E-state index contributed by atoms with van der Waals surface area (Å²) < 4.78 is 1.15. The van der Waals surface area contributed by atoms with Gasteiger partial charge in [0, 0.05) is 10.1 Å². The standard InChI is InChI=1S/C16H18INO2/c1-9-7-11(17)8-10(2)13(9)14-15(19)12-5-3-4-6-18(12)16(14)20/h7-8,12,14H,3-6H2,1-2H3. The average molecular weight is 383 g/mol. The second-order valence-corrected chi connectivity index (χ2v) is 7.08. The molecule has 0 aromatic heterocycles. The minimum Gasteiger partial charge on any atom is -0.332 e. The van der Waals surface area contributed by atoms with Gasteiger partial charge in [0.1, 0.15) is 5.92 Å². The number of carbonyl (C=O) groups excluding carboxylic acids is 2. The first kappa shape index (κ1) is 14.0. The molecular formula is C16H18INO2. The number of rotatable bonds is 1. The van der Waals surface area contributed by atoms with Crippen LogP contribution in [0.4, 0.5) is 0 Å². The van der Waals surface area contributed by atoms with Crippen LogP contribution in [0.5, 0.6) is 0 Å². The SMILES string of the molecule is Cc1cc(I)cc(C)c1C1C(=O)C2CCCCN2C1=O. The third-order valence-electron chi connectivity index (χ3n) is 4.49. The van der Waals surface area contributed by atoms with E-state index in [1.807, 2.05) is 18.7 Å². The van der Waals surface area contributed by atoms with Gasteiger partial charge in [0.15, 0.2) is 5.78 Å². The van der Waals surface area contributed by atoms with Gasteiger partial charge in [-0.15, -0.1) is 0 Å². The smallest absolute Gasteiger partial charge is 0.238 e. The van der Waals surface area contributed by atoms with Crippen LogP contribution >= 0.6 is 22.6 Å². The molecule has 0 bridgehead atoms. The first-order valence-electron chi connectivity index (χ1n) is 7.11. The number of ketones is 1. The van der Waals surface area contributed by atoms with Crippen LogP contribution in [0.25, 0.3) is 0 Å². The zero-order chi connectivity index (χ0) is 14.4. The van der Waals surface area contributed by atoms with E-state index in [1.54, 1.807) is 0 Å². The molecule has 2 unspecified atom stereocenters. The van der Waals surface area contributed by atoms with Crippen molar-refractivity contribution in [1.29, 1.82) is 0 Å². The minimum atomic E-state index is -0.560. The summed E-state index contributed by atoms with van der Waals surface area (Å²) in [4.78, 5) is 27.1. The second-order valence-electron chi connectivity index (χ2n) is 5.83. The van der Waals surface area contributed by atoms with Crippen molar-refractivity contribution in [2.45, 2.75) is 45.1 Å². The molecule has 106 valence electrons. The summed E-state index contributed by atoms with van der Waals surface area (Å²) in [5.41, 5.74) is 3.05. The van der Waals surface area contributed by atoms with E-state index in [0.717, 1.165) is 46.1 Å². The Hall–Kier alpha value is -0.910. The van der Waals surface area contributed by atoms with Crippen LogP contribution in [0.3, 0.4) is 0 Å². The van der Waals surface area contributed by atoms with Crippen molar-refractivity contribution in [3.8, 4) is 0 Å². The van der Waals surface area contributed by atoms with Crippen LogP contribution in [0.2, 0.25) is 0 Å². The summed E-state index contributed by atoms with van der Waals surface area (Å²) in [5, 5.41) is 0. The third kappa shape index (κ3) is 2.08. The monoisotopic (exact) mass is 383 g/mol. The van der Waals surface area contributed by atoms with Crippen molar-refractivity contribution in [3.63, 3.8) is 0 Å². The van der Waals surface area contributed by atoms with E-state index in [9.17, 15) is 9.59 Å². The maximum atomic E-state index is 12.7. The highest BCUT2D eigenvalue weighted by atomic mass is 127. The molecule has 4 heteroatoms. The van der Waals surface area contributed by atoms with Gasteiger partial charge in [-0.1, -0.05) is 0 Å². The second kappa shape index (κ2) is 5.13. The van der Waals surface area contributed by atoms with Crippen LogP contribution in [0.15, 0.2) is 12.1 Å². The van der Waals surface area contributed by atoms with E-state index in [0.29, 0.717) is 0 Å². The number of nitrogens with zero attached hydrogens (tertiary/aromatic N) is 1. The Balaban J connectivity index is 2.06. The lowest BCUT2D eigenvalue weighted by atomic mass is 9.87. The molecule has 0 spiro atoms. The summed E-state index contributed by atoms with van der Waals surface area (Å²) >= 11 is 2.27. The first-order chi connectivity index (χ1) is 9.50. The molecule has 1 aromatic rings. The summed E-state index contributed by atoms with van der Waals surface area (Å²) in [6.45, 7) is 4.75. The fourth-order valence-corrected chi connectivity index (χ4v) is 4.55. The van der Waals surface area contributed by atoms with Gasteiger partial charge >= 0.3 is 0 Å². The molecule has 2 saturated heterocycles. The predicted molar refractivity (Wildman–Crippen MR) is 85.7 cm³/mol. The van der Waals surface area contributed by atoms with Crippen molar-refractivity contribution in [3.05, 3.63) is 32.4 Å². The van der Waals surface area contributed by atoms with Crippen LogP contribution < -0.4 is 0 Å². The number of Topliss-reactive ketones (excluding diaryl/α,β-unsaturated/α-hetero) is 1. The molecule has 2 atom stereocenters. The van der Waals surface area contributed by atoms with Gasteiger partial charge in [0.05, 0.1) is 6.04 Å². The Labute approximate surface area is 132 Å². The fraction of sp³-hybridized carbons (Fsp3) is 0.500. The average Bonchev–Trinajstić information content (AvgIpc) is 2.64. The van der Waals surface area contributed by atoms with E-state index in [-0.39, 0.29) is 17.7 Å². The number of aryl methyl sites for hydroxylation is 2. The van der Waals surface area contributed by atoms with Crippen LogP contribution in [0.1, 0.15) is 41.9 Å². The Kier molecular flexibility index (Phi) is 3.60. The van der Waals surface area contributed by atoms with E-state index >= 15 is 0 Å². The third-order valence-corrected chi connectivity index (χ3v) is 5.12. The highest BCUT2D eigenvalue weighted by molar-refractivity contribution is 14.1. The highest BCUT2D eigenvalue weighted by Crippen LogP contribution is 2.37. The zero-order valence-corrected chi connectivity index (χ0v) is 13.9. The molecule has 0 aliphatic carbocycles. The van der Waals surface area contributed by atoms with E-state index in [4.69, 9.17) is 0 Å². The van der Waals surface area contributed by atoms with Crippen LogP contribution in [-0.4, -0.2) is 29.2 Å². The van der Waals surface area contributed by atoms with Crippen molar-refractivity contribution in [2.75, 3.05) is 6.54 Å². The number of carbonyl (C=O) groups is 2. The molecular weight excluding hydrogens is 365 g/mol. The summed E-state index contributed by atoms with van der Waals surface area (Å²) in [6, 6.07) is 3.95. The van der Waals surface area contributed by atoms with Gasteiger partial charge in [0.25, 0.3) is 0 Å². The number of benzene rings is 1. The largest absolute Gasteiger partial charge is 0.332 e. The number of hydrogen-bond donors (Lipinski definition) is 0. The number of hydrogen-bond acceptors (Lipinski definition) is 2. The summed E-state index contributed by atoms with van der Waals surface area (Å²) in [7, 11) is 0. The summed E-state index contributed by atoms with van der Waals surface area (Å²) in [5.74, 6) is -0.427. The normalized spacial score (nSPS) is 26.1. The van der Waals surface area contributed by atoms with Gasteiger partial charge in [-0.25, -0.2) is 0 Å². The van der Waals surface area contributed by atoms with Gasteiger partial charge in [-0.2, -0.15) is 0 Å². The molecule has 1 amide bonds. The van der Waals surface area contributed by atoms with Crippen LogP contribution in [0, 0.1) is 17.4 Å². The van der Waals surface area contributed by atoms with Crippen LogP contribution in [-0.2, 0) is 9.59 Å². The maximum absolute atomic E-state index is 12.7. The molecule has 0 saturated carbocycles. The Morgan fingerprint density at radius 2 is 1.80 bits per heavy atom. The lowest BCUT2D eigenvalue weighted by Gasteiger charge is -2.27. The molecule has 20 heavy (non-hydrogen) atoms. The molecule has 3 rings (SSSR count). The Morgan fingerprint density at radius 3 is 2.40 bits per heavy atom. The molecule has 2 aliphatic heterocycles. The lowest BCUT2D eigenvalue weighted by molar-refractivity contribution is -0.130. The zero-order valence-electron chi connectivity index (χ0n) is 11.8. The lowest BCUT2D eigenvalue weighted by Crippen LogP contribution is -2.39. The predicted octanol–water partition coefficient (Wildman–Crippen LogP) is 2.96. The van der Waals surface area contributed by atoms with Crippen molar-refractivity contribution in [2.24, 2.45) is 0 Å². The highest BCUT2D eigenvalue weighted by Gasteiger charge is 2.49. The van der Waals surface area contributed by atoms with Gasteiger partial charge in [-0.05, 0) is 84.5 Å². The molecule has 2 heterocycles. The first-order valence-corrected chi connectivity index (χ1v) is 8.19. The van der Waals surface area contributed by atoms with Gasteiger partial charge < -0.3 is 4.90 Å². The molecule has 3 nitrogen and oxygen atoms in total. The number of halogens is 1. The van der Waals surface area contributed by atoms with E-state index in [2.05, 4.69) is 34.7 Å². The Morgan fingerprint density at radius 1 is 1.15 bits per heavy atom. The van der Waals surface area contributed by atoms with Crippen molar-refractivity contribution in [1.82, 2.24) is 4.90 Å². The topological polar surface area (TPSA) is 37.4 Å². The van der Waals surface area contributed by atoms with E-state index in [1.165, 1.54) is 0 Å². The van der Waals surface area contributed by atoms with Crippen molar-refractivity contribution >= 4 is 34.3 Å². The van der Waals surface area contributed by atoms with Gasteiger partial charge in [0.2, 0.25) is 5.91 Å². The number of fused-ring (bicyclic) bond motifs is 1. The number of amides is 1. The molecule has 2 aliphatic rings. The maximum Gasteiger partial charge on any atom is 0.238 e. The minimum absolute atomic E-state index is 0.0205. The summed E-state index contributed by atoms with van der Waals surface area (Å²) in [6.07, 6.45) is 2.91.